The van der Waals surface area contributed by atoms with E-state index < -0.39 is 0 Å². The lowest BCUT2D eigenvalue weighted by Gasteiger charge is -2.37. The van der Waals surface area contributed by atoms with Crippen LogP contribution in [0, 0.1) is 19.8 Å². The van der Waals surface area contributed by atoms with E-state index in [1.54, 1.807) is 0 Å². The normalized spacial score (nSPS) is 24.2. The number of urea groups is 1. The summed E-state index contributed by atoms with van der Waals surface area (Å²) >= 11 is 0. The Hall–Kier alpha value is -1.75. The Morgan fingerprint density at radius 1 is 1.08 bits per heavy atom. The maximum atomic E-state index is 12.5. The highest BCUT2D eigenvalue weighted by Crippen LogP contribution is 2.31. The molecule has 0 bridgehead atoms. The molecular formula is C21H32N4O. The summed E-state index contributed by atoms with van der Waals surface area (Å²) < 4.78 is 0. The molecule has 1 aromatic carbocycles. The molecule has 2 saturated heterocycles. The third-order valence-corrected chi connectivity index (χ3v) is 6.41. The van der Waals surface area contributed by atoms with Crippen LogP contribution in [-0.2, 0) is 0 Å². The number of anilines is 1. The largest absolute Gasteiger partial charge is 0.368 e. The molecule has 0 spiro atoms. The number of hydrogen-bond donors (Lipinski definition) is 1. The molecule has 4 rings (SSSR count). The van der Waals surface area contributed by atoms with Gasteiger partial charge in [0.1, 0.15) is 0 Å². The van der Waals surface area contributed by atoms with Crippen molar-refractivity contribution < 1.29 is 4.79 Å². The van der Waals surface area contributed by atoms with Gasteiger partial charge in [0.2, 0.25) is 0 Å². The van der Waals surface area contributed by atoms with Gasteiger partial charge in [-0.05, 0) is 62.8 Å². The molecule has 1 saturated carbocycles. The molecule has 1 aromatic rings. The number of carbonyl (C=O) groups is 1. The Bertz CT molecular complexity index is 649. The number of piperazine rings is 1. The average Bonchev–Trinajstić information content (AvgIpc) is 3.40. The summed E-state index contributed by atoms with van der Waals surface area (Å²) in [5.74, 6) is 0.635. The number of likely N-dealkylation sites (tertiary alicyclic amines) is 1. The first kappa shape index (κ1) is 17.7. The van der Waals surface area contributed by atoms with Crippen molar-refractivity contribution in [1.29, 1.82) is 0 Å². The van der Waals surface area contributed by atoms with Gasteiger partial charge < -0.3 is 20.0 Å². The van der Waals surface area contributed by atoms with Crippen molar-refractivity contribution in [2.45, 2.75) is 39.2 Å². The predicted octanol–water partition coefficient (Wildman–Crippen LogP) is 2.62. The number of rotatable bonds is 4. The molecule has 26 heavy (non-hydrogen) atoms. The maximum Gasteiger partial charge on any atom is 0.317 e. The van der Waals surface area contributed by atoms with Crippen molar-refractivity contribution in [1.82, 2.24) is 15.1 Å². The van der Waals surface area contributed by atoms with Gasteiger partial charge in [-0.1, -0.05) is 12.1 Å². The van der Waals surface area contributed by atoms with Gasteiger partial charge in [-0.15, -0.1) is 0 Å². The van der Waals surface area contributed by atoms with Crippen molar-refractivity contribution >= 4 is 11.7 Å². The number of benzene rings is 1. The molecule has 3 aliphatic rings. The summed E-state index contributed by atoms with van der Waals surface area (Å²) in [4.78, 5) is 19.5. The zero-order valence-electron chi connectivity index (χ0n) is 16.2. The van der Waals surface area contributed by atoms with Crippen molar-refractivity contribution in [3.05, 3.63) is 29.3 Å². The average molecular weight is 357 g/mol. The Morgan fingerprint density at radius 2 is 1.85 bits per heavy atom. The van der Waals surface area contributed by atoms with Crippen LogP contribution in [0.2, 0.25) is 0 Å². The molecule has 5 heteroatoms. The van der Waals surface area contributed by atoms with Gasteiger partial charge in [-0.25, -0.2) is 4.79 Å². The summed E-state index contributed by atoms with van der Waals surface area (Å²) in [7, 11) is 0. The summed E-state index contributed by atoms with van der Waals surface area (Å²) in [6.45, 7) is 11.0. The molecule has 0 radical (unpaired) electrons. The monoisotopic (exact) mass is 356 g/mol. The summed E-state index contributed by atoms with van der Waals surface area (Å²) in [5, 5.41) is 3.19. The van der Waals surface area contributed by atoms with Crippen LogP contribution in [0.15, 0.2) is 18.2 Å². The van der Waals surface area contributed by atoms with Gasteiger partial charge in [-0.2, -0.15) is 0 Å². The van der Waals surface area contributed by atoms with Crippen LogP contribution < -0.4 is 10.2 Å². The van der Waals surface area contributed by atoms with Crippen molar-refractivity contribution in [2.75, 3.05) is 50.7 Å². The lowest BCUT2D eigenvalue weighted by Crippen LogP contribution is -2.52. The van der Waals surface area contributed by atoms with Crippen LogP contribution in [0.25, 0.3) is 0 Å². The van der Waals surface area contributed by atoms with Gasteiger partial charge in [0.05, 0.1) is 0 Å². The van der Waals surface area contributed by atoms with Crippen LogP contribution in [0.3, 0.4) is 0 Å². The number of nitrogens with one attached hydrogen (secondary N) is 1. The van der Waals surface area contributed by atoms with Crippen LogP contribution >= 0.6 is 0 Å². The molecule has 1 N–H and O–H groups in total. The number of aryl methyl sites for hydroxylation is 1. The minimum absolute atomic E-state index is 0.121. The summed E-state index contributed by atoms with van der Waals surface area (Å²) in [6, 6.07) is 7.47. The SMILES string of the molecule is Cc1cccc(N2CCN(C(=O)NCC3CCN(C4CC4)C3)CC2)c1C. The van der Waals surface area contributed by atoms with E-state index in [2.05, 4.69) is 47.2 Å². The van der Waals surface area contributed by atoms with Crippen LogP contribution in [0.4, 0.5) is 10.5 Å². The topological polar surface area (TPSA) is 38.8 Å². The van der Waals surface area contributed by atoms with Gasteiger partial charge in [-0.3, -0.25) is 0 Å². The zero-order chi connectivity index (χ0) is 18.1. The quantitative estimate of drug-likeness (QED) is 0.901. The zero-order valence-corrected chi connectivity index (χ0v) is 16.2. The Balaban J connectivity index is 1.23. The molecule has 2 heterocycles. The molecule has 2 amide bonds. The molecule has 142 valence electrons. The Kier molecular flexibility index (Phi) is 5.07. The van der Waals surface area contributed by atoms with Crippen molar-refractivity contribution in [3.8, 4) is 0 Å². The minimum atomic E-state index is 0.121. The number of carbonyl (C=O) groups excluding carboxylic acids is 1. The third-order valence-electron chi connectivity index (χ3n) is 6.41. The van der Waals surface area contributed by atoms with Gasteiger partial charge in [0.15, 0.2) is 0 Å². The third kappa shape index (κ3) is 3.83. The van der Waals surface area contributed by atoms with E-state index in [9.17, 15) is 4.79 Å². The highest BCUT2D eigenvalue weighted by atomic mass is 16.2. The van der Waals surface area contributed by atoms with Crippen LogP contribution in [0.5, 0.6) is 0 Å². The fourth-order valence-electron chi connectivity index (χ4n) is 4.37. The second-order valence-electron chi connectivity index (χ2n) is 8.26. The summed E-state index contributed by atoms with van der Waals surface area (Å²) in [6.07, 6.45) is 3.99. The second kappa shape index (κ2) is 7.47. The highest BCUT2D eigenvalue weighted by molar-refractivity contribution is 5.74. The number of nitrogens with zero attached hydrogens (tertiary/aromatic N) is 3. The lowest BCUT2D eigenvalue weighted by molar-refractivity contribution is 0.192. The lowest BCUT2D eigenvalue weighted by atomic mass is 10.1. The van der Waals surface area contributed by atoms with Crippen molar-refractivity contribution in [3.63, 3.8) is 0 Å². The first-order valence-electron chi connectivity index (χ1n) is 10.2. The van der Waals surface area contributed by atoms with E-state index in [1.807, 2.05) is 4.90 Å². The van der Waals surface area contributed by atoms with E-state index in [1.165, 1.54) is 49.2 Å². The molecule has 1 unspecified atom stereocenters. The van der Waals surface area contributed by atoms with E-state index in [-0.39, 0.29) is 6.03 Å². The fourth-order valence-corrected chi connectivity index (χ4v) is 4.37. The molecule has 5 nitrogen and oxygen atoms in total. The molecule has 3 fully saturated rings. The van der Waals surface area contributed by atoms with E-state index in [4.69, 9.17) is 0 Å². The van der Waals surface area contributed by atoms with E-state index >= 15 is 0 Å². The van der Waals surface area contributed by atoms with Crippen molar-refractivity contribution in [2.24, 2.45) is 5.92 Å². The first-order chi connectivity index (χ1) is 12.6. The predicted molar refractivity (Wildman–Crippen MR) is 106 cm³/mol. The first-order valence-corrected chi connectivity index (χ1v) is 10.2. The minimum Gasteiger partial charge on any atom is -0.368 e. The van der Waals surface area contributed by atoms with E-state index in [0.717, 1.165) is 38.8 Å². The fraction of sp³-hybridized carbons (Fsp3) is 0.667. The smallest absolute Gasteiger partial charge is 0.317 e. The van der Waals surface area contributed by atoms with Crippen LogP contribution in [0.1, 0.15) is 30.4 Å². The van der Waals surface area contributed by atoms with E-state index in [0.29, 0.717) is 5.92 Å². The van der Waals surface area contributed by atoms with Gasteiger partial charge >= 0.3 is 6.03 Å². The maximum absolute atomic E-state index is 12.5. The standard InChI is InChI=1S/C21H32N4O/c1-16-4-3-5-20(17(16)2)23-10-12-24(13-11-23)21(26)22-14-18-8-9-25(15-18)19-6-7-19/h3-5,18-19H,6-15H2,1-2H3,(H,22,26). The second-order valence-corrected chi connectivity index (χ2v) is 8.26. The summed E-state index contributed by atoms with van der Waals surface area (Å²) in [5.41, 5.74) is 4.00. The highest BCUT2D eigenvalue weighted by Gasteiger charge is 2.34. The number of hydrogen-bond acceptors (Lipinski definition) is 3. The Morgan fingerprint density at radius 3 is 2.58 bits per heavy atom. The molecule has 1 aliphatic carbocycles. The van der Waals surface area contributed by atoms with Crippen LogP contribution in [-0.4, -0.2) is 67.7 Å². The Labute approximate surface area is 157 Å². The molecular weight excluding hydrogens is 324 g/mol. The molecule has 2 aliphatic heterocycles. The molecule has 0 aromatic heterocycles. The molecule has 1 atom stereocenters. The number of amides is 2. The van der Waals surface area contributed by atoms with Gasteiger partial charge in [0, 0.05) is 51.0 Å². The van der Waals surface area contributed by atoms with Gasteiger partial charge in [0.25, 0.3) is 0 Å².